The van der Waals surface area contributed by atoms with Crippen LogP contribution in [0.5, 0.6) is 0 Å². The number of halogens is 1. The van der Waals surface area contributed by atoms with Crippen molar-refractivity contribution in [3.8, 4) is 0 Å². The van der Waals surface area contributed by atoms with Gasteiger partial charge in [-0.2, -0.15) is 0 Å². The van der Waals surface area contributed by atoms with E-state index in [1.807, 2.05) is 6.92 Å². The summed E-state index contributed by atoms with van der Waals surface area (Å²) in [5.74, 6) is -0.356. The topological polar surface area (TPSA) is 35.5 Å². The SMILES string of the molecule is COC(=O)/C=C/CO[C@@H](C)CBr. The molecule has 1 atom stereocenters. The summed E-state index contributed by atoms with van der Waals surface area (Å²) >= 11 is 3.27. The highest BCUT2D eigenvalue weighted by molar-refractivity contribution is 9.09. The lowest BCUT2D eigenvalue weighted by atomic mass is 10.4. The molecular weight excluding hydrogens is 224 g/mol. The highest BCUT2D eigenvalue weighted by Crippen LogP contribution is 1.95. The first-order valence-corrected chi connectivity index (χ1v) is 4.75. The Morgan fingerprint density at radius 1 is 1.67 bits per heavy atom. The summed E-state index contributed by atoms with van der Waals surface area (Å²) < 4.78 is 9.64. The second kappa shape index (κ2) is 7.31. The molecule has 0 radical (unpaired) electrons. The summed E-state index contributed by atoms with van der Waals surface area (Å²) in [7, 11) is 1.34. The number of carbonyl (C=O) groups is 1. The van der Waals surface area contributed by atoms with Crippen LogP contribution in [0.15, 0.2) is 12.2 Å². The van der Waals surface area contributed by atoms with Crippen molar-refractivity contribution in [3.05, 3.63) is 12.2 Å². The lowest BCUT2D eigenvalue weighted by molar-refractivity contribution is -0.134. The zero-order chi connectivity index (χ0) is 9.40. The van der Waals surface area contributed by atoms with Crippen LogP contribution in [-0.2, 0) is 14.3 Å². The van der Waals surface area contributed by atoms with Crippen LogP contribution < -0.4 is 0 Å². The predicted octanol–water partition coefficient (Wildman–Crippen LogP) is 1.52. The number of esters is 1. The third-order valence-corrected chi connectivity index (χ3v) is 2.06. The summed E-state index contributed by atoms with van der Waals surface area (Å²) in [5.41, 5.74) is 0. The van der Waals surface area contributed by atoms with E-state index in [0.29, 0.717) is 6.61 Å². The Morgan fingerprint density at radius 2 is 2.33 bits per heavy atom. The largest absolute Gasteiger partial charge is 0.466 e. The molecule has 0 aliphatic rings. The van der Waals surface area contributed by atoms with Gasteiger partial charge < -0.3 is 9.47 Å². The van der Waals surface area contributed by atoms with Crippen molar-refractivity contribution in [1.29, 1.82) is 0 Å². The van der Waals surface area contributed by atoms with Crippen molar-refractivity contribution in [1.82, 2.24) is 0 Å². The average molecular weight is 237 g/mol. The fraction of sp³-hybridized carbons (Fsp3) is 0.625. The normalized spacial score (nSPS) is 13.2. The maximum Gasteiger partial charge on any atom is 0.330 e. The molecule has 0 fully saturated rings. The van der Waals surface area contributed by atoms with E-state index >= 15 is 0 Å². The average Bonchev–Trinajstić information content (AvgIpc) is 2.11. The molecule has 0 spiro atoms. The van der Waals surface area contributed by atoms with E-state index in [4.69, 9.17) is 4.74 Å². The van der Waals surface area contributed by atoms with Crippen LogP contribution in [0.1, 0.15) is 6.92 Å². The van der Waals surface area contributed by atoms with Crippen LogP contribution in [0.4, 0.5) is 0 Å². The zero-order valence-electron chi connectivity index (χ0n) is 7.25. The maximum atomic E-state index is 10.6. The van der Waals surface area contributed by atoms with Gasteiger partial charge in [0.1, 0.15) is 0 Å². The molecule has 0 aromatic heterocycles. The van der Waals surface area contributed by atoms with Gasteiger partial charge in [0.25, 0.3) is 0 Å². The van der Waals surface area contributed by atoms with Gasteiger partial charge in [-0.3, -0.25) is 0 Å². The van der Waals surface area contributed by atoms with Crippen LogP contribution in [-0.4, -0.2) is 31.1 Å². The second-order valence-electron chi connectivity index (χ2n) is 2.22. The molecule has 0 aromatic carbocycles. The van der Waals surface area contributed by atoms with Crippen LogP contribution in [0, 0.1) is 0 Å². The molecule has 0 rings (SSSR count). The Balaban J connectivity index is 3.42. The Morgan fingerprint density at radius 3 is 2.83 bits per heavy atom. The Bertz CT molecular complexity index is 156. The van der Waals surface area contributed by atoms with Crippen molar-refractivity contribution in [2.45, 2.75) is 13.0 Å². The molecule has 0 aromatic rings. The minimum atomic E-state index is -0.356. The molecule has 0 bridgehead atoms. The van der Waals surface area contributed by atoms with E-state index in [2.05, 4.69) is 20.7 Å². The fourth-order valence-electron chi connectivity index (χ4n) is 0.477. The molecule has 12 heavy (non-hydrogen) atoms. The van der Waals surface area contributed by atoms with E-state index in [-0.39, 0.29) is 12.1 Å². The first-order chi connectivity index (χ1) is 5.70. The van der Waals surface area contributed by atoms with Gasteiger partial charge in [-0.1, -0.05) is 22.0 Å². The molecule has 0 aliphatic heterocycles. The molecule has 0 saturated carbocycles. The highest BCUT2D eigenvalue weighted by atomic mass is 79.9. The number of rotatable bonds is 5. The second-order valence-corrected chi connectivity index (χ2v) is 2.87. The molecule has 4 heteroatoms. The third-order valence-electron chi connectivity index (χ3n) is 1.15. The van der Waals surface area contributed by atoms with Crippen LogP contribution in [0.2, 0.25) is 0 Å². The number of hydrogen-bond acceptors (Lipinski definition) is 3. The van der Waals surface area contributed by atoms with Gasteiger partial charge >= 0.3 is 5.97 Å². The summed E-state index contributed by atoms with van der Waals surface area (Å²) in [6.45, 7) is 2.38. The van der Waals surface area contributed by atoms with E-state index in [0.717, 1.165) is 5.33 Å². The Hall–Kier alpha value is -0.350. The van der Waals surface area contributed by atoms with Crippen LogP contribution in [0.25, 0.3) is 0 Å². The maximum absolute atomic E-state index is 10.6. The van der Waals surface area contributed by atoms with Gasteiger partial charge in [0, 0.05) is 11.4 Å². The first-order valence-electron chi connectivity index (χ1n) is 3.62. The summed E-state index contributed by atoms with van der Waals surface area (Å²) in [4.78, 5) is 10.6. The summed E-state index contributed by atoms with van der Waals surface area (Å²) in [6.07, 6.45) is 3.14. The van der Waals surface area contributed by atoms with Crippen molar-refractivity contribution < 1.29 is 14.3 Å². The van der Waals surface area contributed by atoms with Crippen molar-refractivity contribution in [3.63, 3.8) is 0 Å². The Kier molecular flexibility index (Phi) is 7.09. The fourth-order valence-corrected chi connectivity index (χ4v) is 0.664. The van der Waals surface area contributed by atoms with Gasteiger partial charge in [0.2, 0.25) is 0 Å². The zero-order valence-corrected chi connectivity index (χ0v) is 8.83. The van der Waals surface area contributed by atoms with Crippen molar-refractivity contribution in [2.75, 3.05) is 19.0 Å². The number of hydrogen-bond donors (Lipinski definition) is 0. The quantitative estimate of drug-likeness (QED) is 0.413. The summed E-state index contributed by atoms with van der Waals surface area (Å²) in [5, 5.41) is 0.791. The van der Waals surface area contributed by atoms with Gasteiger partial charge in [-0.25, -0.2) is 4.79 Å². The molecule has 0 amide bonds. The molecule has 70 valence electrons. The number of carbonyl (C=O) groups excluding carboxylic acids is 1. The van der Waals surface area contributed by atoms with Gasteiger partial charge in [0.15, 0.2) is 0 Å². The van der Waals surface area contributed by atoms with Crippen LogP contribution in [0.3, 0.4) is 0 Å². The lowest BCUT2D eigenvalue weighted by Crippen LogP contribution is -2.09. The van der Waals surface area contributed by atoms with Crippen molar-refractivity contribution in [2.24, 2.45) is 0 Å². The minimum Gasteiger partial charge on any atom is -0.466 e. The standard InChI is InChI=1S/C8H13BrO3/c1-7(6-9)12-5-3-4-8(10)11-2/h3-4,7H,5-6H2,1-2H3/b4-3+/t7-/m0/s1. The van der Waals surface area contributed by atoms with E-state index in [1.165, 1.54) is 13.2 Å². The number of methoxy groups -OCH3 is 1. The molecule has 0 saturated heterocycles. The molecule has 3 nitrogen and oxygen atoms in total. The van der Waals surface area contributed by atoms with Crippen molar-refractivity contribution >= 4 is 21.9 Å². The molecular formula is C8H13BrO3. The van der Waals surface area contributed by atoms with E-state index < -0.39 is 0 Å². The van der Waals surface area contributed by atoms with Gasteiger partial charge in [0.05, 0.1) is 19.8 Å². The highest BCUT2D eigenvalue weighted by Gasteiger charge is 1.96. The van der Waals surface area contributed by atoms with Gasteiger partial charge in [-0.15, -0.1) is 0 Å². The molecule has 0 N–H and O–H groups in total. The van der Waals surface area contributed by atoms with E-state index in [9.17, 15) is 4.79 Å². The predicted molar refractivity (Wildman–Crippen MR) is 50.4 cm³/mol. The molecule has 0 heterocycles. The summed E-state index contributed by atoms with van der Waals surface area (Å²) in [6, 6.07) is 0. The number of alkyl halides is 1. The minimum absolute atomic E-state index is 0.160. The first kappa shape index (κ1) is 11.6. The third kappa shape index (κ3) is 6.37. The van der Waals surface area contributed by atoms with Crippen LogP contribution >= 0.6 is 15.9 Å². The van der Waals surface area contributed by atoms with E-state index in [1.54, 1.807) is 6.08 Å². The van der Waals surface area contributed by atoms with Gasteiger partial charge in [-0.05, 0) is 6.92 Å². The molecule has 0 aliphatic carbocycles. The monoisotopic (exact) mass is 236 g/mol. The smallest absolute Gasteiger partial charge is 0.330 e. The lowest BCUT2D eigenvalue weighted by Gasteiger charge is -2.05. The Labute approximate surface area is 80.9 Å². The number of ether oxygens (including phenoxy) is 2. The molecule has 0 unspecified atom stereocenters.